The maximum Gasteiger partial charge on any atom is 0.248 e. The molecule has 6 nitrogen and oxygen atoms in total. The molecule has 2 heterocycles. The fourth-order valence-electron chi connectivity index (χ4n) is 6.00. The Hall–Kier alpha value is -1.44. The summed E-state index contributed by atoms with van der Waals surface area (Å²) in [6.45, 7) is 2.88. The van der Waals surface area contributed by atoms with E-state index in [2.05, 4.69) is 11.0 Å². The summed E-state index contributed by atoms with van der Waals surface area (Å²) in [5.74, 6) is 1.44. The summed E-state index contributed by atoms with van der Waals surface area (Å²) < 4.78 is 29.8. The summed E-state index contributed by atoms with van der Waals surface area (Å²) in [5, 5.41) is 0. The first kappa shape index (κ1) is 20.8. The van der Waals surface area contributed by atoms with Crippen molar-refractivity contribution in [2.75, 3.05) is 38.2 Å². The van der Waals surface area contributed by atoms with Crippen LogP contribution >= 0.6 is 0 Å². The summed E-state index contributed by atoms with van der Waals surface area (Å²) >= 11 is 0. The number of likely N-dealkylation sites (tertiary alicyclic amines) is 1. The van der Waals surface area contributed by atoms with Gasteiger partial charge in [-0.2, -0.15) is 0 Å². The third-order valence-corrected chi connectivity index (χ3v) is 9.12. The number of benzene rings is 1. The topological polar surface area (TPSA) is 89.7 Å². The van der Waals surface area contributed by atoms with Gasteiger partial charge in [0.1, 0.15) is 15.4 Å². The van der Waals surface area contributed by atoms with E-state index < -0.39 is 15.7 Å². The molecule has 0 spiro atoms. The summed E-state index contributed by atoms with van der Waals surface area (Å²) in [5.41, 5.74) is 6.74. The lowest BCUT2D eigenvalue weighted by molar-refractivity contribution is -0.170. The minimum atomic E-state index is -2.82. The number of sulfone groups is 1. The van der Waals surface area contributed by atoms with Gasteiger partial charge in [-0.1, -0.05) is 18.6 Å². The molecule has 2 saturated heterocycles. The Morgan fingerprint density at radius 3 is 2.41 bits per heavy atom. The number of amides is 1. The van der Waals surface area contributed by atoms with Crippen LogP contribution in [0.5, 0.6) is 0 Å². The molecule has 7 heteroatoms. The molecule has 1 saturated carbocycles. The summed E-state index contributed by atoms with van der Waals surface area (Å²) in [4.78, 5) is 14.3. The van der Waals surface area contributed by atoms with Gasteiger partial charge in [0, 0.05) is 44.1 Å². The van der Waals surface area contributed by atoms with Gasteiger partial charge in [0.2, 0.25) is 5.91 Å². The van der Waals surface area contributed by atoms with Gasteiger partial charge in [-0.05, 0) is 49.3 Å². The Morgan fingerprint density at radius 1 is 1.17 bits per heavy atom. The lowest BCUT2D eigenvalue weighted by Gasteiger charge is -2.56. The van der Waals surface area contributed by atoms with Crippen molar-refractivity contribution < 1.29 is 17.9 Å². The molecular weight excluding hydrogens is 388 g/mol. The van der Waals surface area contributed by atoms with Crippen LogP contribution in [-0.2, 0) is 20.2 Å². The lowest BCUT2D eigenvalue weighted by Crippen LogP contribution is -2.59. The molecule has 0 aromatic heterocycles. The normalized spacial score (nSPS) is 32.7. The minimum Gasteiger partial charge on any atom is -0.373 e. The molecule has 29 heavy (non-hydrogen) atoms. The number of piperidine rings is 1. The smallest absolute Gasteiger partial charge is 0.248 e. The number of carbonyl (C=O) groups is 1. The SMILES string of the molecule is COC1(c2cccc(C(N)=O)c2)C2CCCC1CN(CC1CCS(=O)(=O)CC1)C2. The molecule has 1 amide bonds. The number of rotatable bonds is 5. The quantitative estimate of drug-likeness (QED) is 0.789. The van der Waals surface area contributed by atoms with E-state index in [4.69, 9.17) is 10.5 Å². The van der Waals surface area contributed by atoms with Crippen molar-refractivity contribution in [1.82, 2.24) is 4.90 Å². The molecule has 160 valence electrons. The van der Waals surface area contributed by atoms with Gasteiger partial charge in [-0.25, -0.2) is 8.42 Å². The number of nitrogens with zero attached hydrogens (tertiary/aromatic N) is 1. The Balaban J connectivity index is 1.54. The van der Waals surface area contributed by atoms with Crippen LogP contribution in [0.15, 0.2) is 24.3 Å². The first-order valence-electron chi connectivity index (χ1n) is 10.7. The van der Waals surface area contributed by atoms with Crippen LogP contribution in [0.3, 0.4) is 0 Å². The molecule has 2 bridgehead atoms. The summed E-state index contributed by atoms with van der Waals surface area (Å²) in [7, 11) is -1.02. The van der Waals surface area contributed by atoms with E-state index >= 15 is 0 Å². The van der Waals surface area contributed by atoms with Crippen LogP contribution < -0.4 is 5.73 Å². The standard InChI is InChI=1S/C22H32N2O4S/c1-28-22(18-5-2-4-17(12-18)21(23)25)19-6-3-7-20(22)15-24(14-19)13-16-8-10-29(26,27)11-9-16/h2,4-5,12,16,19-20H,3,6-11,13-15H2,1H3,(H2,23,25). The average Bonchev–Trinajstić information content (AvgIpc) is 2.69. The number of primary amides is 1. The zero-order chi connectivity index (χ0) is 20.6. The first-order valence-corrected chi connectivity index (χ1v) is 12.5. The highest BCUT2D eigenvalue weighted by Gasteiger charge is 2.53. The number of nitrogens with two attached hydrogens (primary N) is 1. The Labute approximate surface area is 173 Å². The molecule has 2 N–H and O–H groups in total. The first-order chi connectivity index (χ1) is 13.8. The van der Waals surface area contributed by atoms with Crippen LogP contribution in [0.4, 0.5) is 0 Å². The molecular formula is C22H32N2O4S. The van der Waals surface area contributed by atoms with E-state index in [9.17, 15) is 13.2 Å². The van der Waals surface area contributed by atoms with E-state index in [1.165, 1.54) is 6.42 Å². The maximum absolute atomic E-state index is 11.7. The molecule has 1 aliphatic carbocycles. The van der Waals surface area contributed by atoms with Crippen molar-refractivity contribution >= 4 is 15.7 Å². The third kappa shape index (κ3) is 3.97. The van der Waals surface area contributed by atoms with Crippen LogP contribution in [0, 0.1) is 17.8 Å². The molecule has 2 atom stereocenters. The van der Waals surface area contributed by atoms with Gasteiger partial charge in [-0.3, -0.25) is 4.79 Å². The molecule has 4 rings (SSSR count). The van der Waals surface area contributed by atoms with Crippen molar-refractivity contribution in [2.45, 2.75) is 37.7 Å². The molecule has 3 aliphatic rings. The highest BCUT2D eigenvalue weighted by molar-refractivity contribution is 7.91. The van der Waals surface area contributed by atoms with Gasteiger partial charge < -0.3 is 15.4 Å². The van der Waals surface area contributed by atoms with Crippen LogP contribution in [0.2, 0.25) is 0 Å². The largest absolute Gasteiger partial charge is 0.373 e. The number of hydrogen-bond acceptors (Lipinski definition) is 5. The Kier molecular flexibility index (Phi) is 5.75. The van der Waals surface area contributed by atoms with Gasteiger partial charge in [0.15, 0.2) is 0 Å². The minimum absolute atomic E-state index is 0.334. The number of hydrogen-bond donors (Lipinski definition) is 1. The fraction of sp³-hybridized carbons (Fsp3) is 0.682. The molecule has 3 fully saturated rings. The third-order valence-electron chi connectivity index (χ3n) is 7.40. The van der Waals surface area contributed by atoms with E-state index in [1.54, 1.807) is 13.2 Å². The molecule has 2 unspecified atom stereocenters. The van der Waals surface area contributed by atoms with Crippen molar-refractivity contribution in [2.24, 2.45) is 23.5 Å². The number of methoxy groups -OCH3 is 1. The number of ether oxygens (including phenoxy) is 1. The van der Waals surface area contributed by atoms with Crippen LogP contribution in [0.25, 0.3) is 0 Å². The van der Waals surface area contributed by atoms with Crippen molar-refractivity contribution in [3.8, 4) is 0 Å². The van der Waals surface area contributed by atoms with E-state index in [-0.39, 0.29) is 5.60 Å². The highest BCUT2D eigenvalue weighted by atomic mass is 32.2. The van der Waals surface area contributed by atoms with Crippen molar-refractivity contribution in [3.05, 3.63) is 35.4 Å². The van der Waals surface area contributed by atoms with E-state index in [0.717, 1.165) is 50.9 Å². The van der Waals surface area contributed by atoms with Crippen molar-refractivity contribution in [1.29, 1.82) is 0 Å². The predicted octanol–water partition coefficient (Wildman–Crippen LogP) is 2.18. The molecule has 1 aromatic rings. The second-order valence-electron chi connectivity index (χ2n) is 9.08. The Morgan fingerprint density at radius 2 is 1.83 bits per heavy atom. The average molecular weight is 421 g/mol. The van der Waals surface area contributed by atoms with E-state index in [0.29, 0.717) is 34.8 Å². The molecule has 2 aliphatic heterocycles. The lowest BCUT2D eigenvalue weighted by atomic mass is 9.62. The highest BCUT2D eigenvalue weighted by Crippen LogP contribution is 2.51. The molecule has 1 aromatic carbocycles. The number of carbonyl (C=O) groups excluding carboxylic acids is 1. The Bertz CT molecular complexity index is 841. The van der Waals surface area contributed by atoms with Gasteiger partial charge in [0.05, 0.1) is 11.5 Å². The summed E-state index contributed by atoms with van der Waals surface area (Å²) in [6.07, 6.45) is 4.96. The molecule has 0 radical (unpaired) electrons. The second-order valence-corrected chi connectivity index (χ2v) is 11.4. The summed E-state index contributed by atoms with van der Waals surface area (Å²) in [6, 6.07) is 7.65. The van der Waals surface area contributed by atoms with Crippen LogP contribution in [-0.4, -0.2) is 57.5 Å². The van der Waals surface area contributed by atoms with Gasteiger partial charge >= 0.3 is 0 Å². The van der Waals surface area contributed by atoms with Crippen LogP contribution in [0.1, 0.15) is 48.0 Å². The van der Waals surface area contributed by atoms with Gasteiger partial charge in [0.25, 0.3) is 0 Å². The predicted molar refractivity (Wildman–Crippen MR) is 112 cm³/mol. The zero-order valence-electron chi connectivity index (χ0n) is 17.2. The van der Waals surface area contributed by atoms with E-state index in [1.807, 2.05) is 12.1 Å². The van der Waals surface area contributed by atoms with Crippen molar-refractivity contribution in [3.63, 3.8) is 0 Å². The second kappa shape index (κ2) is 8.00. The number of fused-ring (bicyclic) bond motifs is 2. The van der Waals surface area contributed by atoms with Gasteiger partial charge in [-0.15, -0.1) is 0 Å². The maximum atomic E-state index is 11.7. The fourth-order valence-corrected chi connectivity index (χ4v) is 7.59. The monoisotopic (exact) mass is 420 g/mol. The zero-order valence-corrected chi connectivity index (χ0v) is 18.0.